The molecule has 0 fully saturated rings. The summed E-state index contributed by atoms with van der Waals surface area (Å²) < 4.78 is 2.56. The van der Waals surface area contributed by atoms with E-state index in [2.05, 4.69) is 305 Å². The highest BCUT2D eigenvalue weighted by atomic mass is 15.0. The average molecular weight is 1030 g/mol. The highest BCUT2D eigenvalue weighted by Crippen LogP contribution is 2.64. The van der Waals surface area contributed by atoms with Crippen molar-refractivity contribution >= 4 is 21.8 Å². The minimum absolute atomic E-state index is 0.0564. The monoisotopic (exact) mass is 1030 g/mol. The highest BCUT2D eigenvalue weighted by Gasteiger charge is 2.52. The predicted octanol–water partition coefficient (Wildman–Crippen LogP) is 20.7. The smallest absolute Gasteiger partial charge is 0.0726 e. The van der Waals surface area contributed by atoms with Crippen LogP contribution in [0.2, 0.25) is 0 Å². The Labute approximate surface area is 475 Å². The van der Waals surface area contributed by atoms with Crippen LogP contribution in [0.1, 0.15) is 95.2 Å². The van der Waals surface area contributed by atoms with Gasteiger partial charge >= 0.3 is 0 Å². The van der Waals surface area contributed by atoms with Crippen LogP contribution in [-0.2, 0) is 10.8 Å². The zero-order chi connectivity index (χ0) is 54.1. The predicted molar refractivity (Wildman–Crippen MR) is 339 cm³/mol. The SMILES string of the molecule is CC(C)c1cc(-c2ccc3c(c2)C2(c4ccccc4-c4ccccc42)c2cccc(-n4c5ccc(-c6ccccc6)cc5c5cc(-c6ccccc6)ccc54)c2-3)ccc1C(c1ccccc1)c1ccc2c(c1)C(C)(C)c1ccccc1-2. The van der Waals surface area contributed by atoms with Gasteiger partial charge in [0, 0.05) is 27.7 Å². The Balaban J connectivity index is 0.905. The zero-order valence-corrected chi connectivity index (χ0v) is 46.1. The number of hydrogen-bond acceptors (Lipinski definition) is 0. The van der Waals surface area contributed by atoms with Crippen LogP contribution in [-0.4, -0.2) is 4.57 Å². The summed E-state index contributed by atoms with van der Waals surface area (Å²) in [4.78, 5) is 0. The molecule has 1 nitrogen and oxygen atoms in total. The minimum atomic E-state index is -0.552. The molecule has 13 aromatic rings. The van der Waals surface area contributed by atoms with E-state index in [1.54, 1.807) is 0 Å². The average Bonchev–Trinajstić information content (AvgIpc) is 3.88. The first-order valence-corrected chi connectivity index (χ1v) is 28.9. The molecule has 81 heavy (non-hydrogen) atoms. The van der Waals surface area contributed by atoms with E-state index in [4.69, 9.17) is 0 Å². The maximum absolute atomic E-state index is 2.57. The molecule has 16 rings (SSSR count). The molecule has 1 spiro atoms. The third-order valence-corrected chi connectivity index (χ3v) is 18.7. The molecule has 1 heterocycles. The van der Waals surface area contributed by atoms with E-state index in [0.29, 0.717) is 0 Å². The van der Waals surface area contributed by atoms with Crippen LogP contribution in [0.15, 0.2) is 273 Å². The Morgan fingerprint density at radius 1 is 0.309 bits per heavy atom. The zero-order valence-electron chi connectivity index (χ0n) is 46.1. The fourth-order valence-electron chi connectivity index (χ4n) is 15.1. The lowest BCUT2D eigenvalue weighted by Crippen LogP contribution is -2.26. The summed E-state index contributed by atoms with van der Waals surface area (Å²) in [6.45, 7) is 9.52. The third kappa shape index (κ3) is 6.91. The van der Waals surface area contributed by atoms with E-state index >= 15 is 0 Å². The van der Waals surface area contributed by atoms with Gasteiger partial charge in [-0.1, -0.05) is 264 Å². The van der Waals surface area contributed by atoms with Gasteiger partial charge in [0.15, 0.2) is 0 Å². The van der Waals surface area contributed by atoms with Gasteiger partial charge < -0.3 is 4.57 Å². The molecule has 1 heteroatoms. The second kappa shape index (κ2) is 18.0. The molecule has 0 N–H and O–H groups in total. The summed E-state index contributed by atoms with van der Waals surface area (Å²) in [5.41, 5.74) is 31.7. The Hall–Kier alpha value is -9.56. The molecule has 3 aliphatic rings. The fraction of sp³-hybridized carbons (Fsp3) is 0.100. The molecule has 384 valence electrons. The molecule has 0 amide bonds. The van der Waals surface area contributed by atoms with Crippen molar-refractivity contribution in [1.82, 2.24) is 4.57 Å². The molecule has 0 saturated carbocycles. The van der Waals surface area contributed by atoms with Gasteiger partial charge in [-0.05, 0) is 159 Å². The topological polar surface area (TPSA) is 4.93 Å². The maximum atomic E-state index is 2.57. The van der Waals surface area contributed by atoms with Gasteiger partial charge in [0.1, 0.15) is 0 Å². The second-order valence-electron chi connectivity index (χ2n) is 23.7. The maximum Gasteiger partial charge on any atom is 0.0726 e. The van der Waals surface area contributed by atoms with E-state index in [-0.39, 0.29) is 17.3 Å². The molecule has 12 aromatic carbocycles. The summed E-state index contributed by atoms with van der Waals surface area (Å²) >= 11 is 0. The van der Waals surface area contributed by atoms with Crippen molar-refractivity contribution in [3.63, 3.8) is 0 Å². The first-order valence-electron chi connectivity index (χ1n) is 28.9. The number of rotatable bonds is 8. The van der Waals surface area contributed by atoms with Crippen LogP contribution >= 0.6 is 0 Å². The lowest BCUT2D eigenvalue weighted by molar-refractivity contribution is 0.658. The van der Waals surface area contributed by atoms with Crippen molar-refractivity contribution in [1.29, 1.82) is 0 Å². The van der Waals surface area contributed by atoms with Crippen molar-refractivity contribution in [3.05, 3.63) is 329 Å². The van der Waals surface area contributed by atoms with Crippen molar-refractivity contribution in [2.45, 2.75) is 50.4 Å². The van der Waals surface area contributed by atoms with Crippen molar-refractivity contribution in [3.8, 4) is 72.4 Å². The molecular weight excluding hydrogens is 975 g/mol. The summed E-state index contributed by atoms with van der Waals surface area (Å²) in [5, 5.41) is 2.48. The molecule has 3 aliphatic carbocycles. The highest BCUT2D eigenvalue weighted by molar-refractivity contribution is 6.13. The summed E-state index contributed by atoms with van der Waals surface area (Å²) in [5.74, 6) is 0.335. The van der Waals surface area contributed by atoms with Crippen molar-refractivity contribution in [2.24, 2.45) is 0 Å². The van der Waals surface area contributed by atoms with Crippen LogP contribution < -0.4 is 0 Å². The van der Waals surface area contributed by atoms with Gasteiger partial charge in [-0.15, -0.1) is 0 Å². The number of fused-ring (bicyclic) bond motifs is 16. The van der Waals surface area contributed by atoms with E-state index in [9.17, 15) is 0 Å². The van der Waals surface area contributed by atoms with Gasteiger partial charge in [-0.3, -0.25) is 0 Å². The molecule has 1 aromatic heterocycles. The van der Waals surface area contributed by atoms with Gasteiger partial charge in [-0.2, -0.15) is 0 Å². The van der Waals surface area contributed by atoms with E-state index < -0.39 is 5.41 Å². The lowest BCUT2D eigenvalue weighted by Gasteiger charge is -2.31. The van der Waals surface area contributed by atoms with Gasteiger partial charge in [0.25, 0.3) is 0 Å². The summed E-state index contributed by atoms with van der Waals surface area (Å²) in [7, 11) is 0. The number of hydrogen-bond donors (Lipinski definition) is 0. The molecule has 0 radical (unpaired) electrons. The van der Waals surface area contributed by atoms with Crippen LogP contribution in [0.4, 0.5) is 0 Å². The van der Waals surface area contributed by atoms with Gasteiger partial charge in [0.2, 0.25) is 0 Å². The van der Waals surface area contributed by atoms with Crippen LogP contribution in [0.5, 0.6) is 0 Å². The van der Waals surface area contributed by atoms with Crippen LogP contribution in [0, 0.1) is 0 Å². The van der Waals surface area contributed by atoms with Crippen molar-refractivity contribution < 1.29 is 0 Å². The Bertz CT molecular complexity index is 4540. The van der Waals surface area contributed by atoms with E-state index in [1.807, 2.05) is 0 Å². The minimum Gasteiger partial charge on any atom is -0.309 e. The van der Waals surface area contributed by atoms with Gasteiger partial charge in [0.05, 0.1) is 22.1 Å². The number of aromatic nitrogens is 1. The standard InChI is InChI=1S/C80H59N/c1-50(2)65-45-56(35-41-63(65)77(53-25-12-7-13-26-53)58-37-40-62-59-27-14-17-30-68(59)79(3,4)72(62)49-58)57-36-42-64-73(48-57)80(69-31-18-15-28-60(69)61-29-16-19-32-70(61)80)71-33-20-34-76(78(64)71)81-74-43-38-54(51-21-8-5-9-22-51)46-66(74)67-47-55(39-44-75(67)81)52-23-10-6-11-24-52/h5-50,77H,1-4H3. The first kappa shape index (κ1) is 47.4. The number of benzene rings is 12. The lowest BCUT2D eigenvalue weighted by atomic mass is 9.70. The Kier molecular flexibility index (Phi) is 10.5. The first-order chi connectivity index (χ1) is 39.8. The van der Waals surface area contributed by atoms with E-state index in [0.717, 1.165) is 0 Å². The number of nitrogens with zero attached hydrogens (tertiary/aromatic N) is 1. The Morgan fingerprint density at radius 2 is 0.790 bits per heavy atom. The molecule has 1 atom stereocenters. The third-order valence-electron chi connectivity index (χ3n) is 18.7. The second-order valence-corrected chi connectivity index (χ2v) is 23.7. The summed E-state index contributed by atoms with van der Waals surface area (Å²) in [6.07, 6.45) is 0. The Morgan fingerprint density at radius 3 is 1.41 bits per heavy atom. The normalized spacial score (nSPS) is 14.2. The molecule has 0 aliphatic heterocycles. The quantitative estimate of drug-likeness (QED) is 0.134. The van der Waals surface area contributed by atoms with E-state index in [1.165, 1.54) is 150 Å². The van der Waals surface area contributed by atoms with Crippen LogP contribution in [0.25, 0.3) is 94.3 Å². The van der Waals surface area contributed by atoms with Gasteiger partial charge in [-0.25, -0.2) is 0 Å². The molecule has 1 unspecified atom stereocenters. The molecule has 0 bridgehead atoms. The molecule has 0 saturated heterocycles. The van der Waals surface area contributed by atoms with Crippen LogP contribution in [0.3, 0.4) is 0 Å². The fourth-order valence-corrected chi connectivity index (χ4v) is 15.1. The largest absolute Gasteiger partial charge is 0.309 e. The summed E-state index contributed by atoms with van der Waals surface area (Å²) in [6, 6.07) is 104. The van der Waals surface area contributed by atoms with Crippen molar-refractivity contribution in [2.75, 3.05) is 0 Å². The molecular formula is C80H59N.